The standard InChI is InChI=1S/C26H39NO2/c1-17(2)10-8-11-18(3)12-9-13-26(6,7)24(28)15-21-19(4)14-22-23(20(21)5)16-27-25(22)29/h10,12,14,24,28H,8-9,11,13,15-16H2,1-7H3,(H,27,29)/b18-12+/t24-/m0/s1. The second kappa shape index (κ2) is 9.75. The molecule has 3 heteroatoms. The van der Waals surface area contributed by atoms with Crippen LogP contribution in [0.2, 0.25) is 0 Å². The molecule has 1 amide bonds. The van der Waals surface area contributed by atoms with Crippen LogP contribution in [0.5, 0.6) is 0 Å². The Kier molecular flexibility index (Phi) is 7.87. The number of hydrogen-bond donors (Lipinski definition) is 2. The average Bonchev–Trinajstić information content (AvgIpc) is 2.98. The Balaban J connectivity index is 2.00. The van der Waals surface area contributed by atoms with Gasteiger partial charge >= 0.3 is 0 Å². The molecule has 0 aromatic heterocycles. The van der Waals surface area contributed by atoms with Gasteiger partial charge in [0, 0.05) is 12.1 Å². The first-order chi connectivity index (χ1) is 13.5. The minimum absolute atomic E-state index is 0.0189. The van der Waals surface area contributed by atoms with Crippen molar-refractivity contribution in [1.29, 1.82) is 0 Å². The SMILES string of the molecule is CC(C)=CCC/C(C)=C/CCC(C)(C)[C@@H](O)Cc1c(C)cc2c(c1C)CNC2=O. The lowest BCUT2D eigenvalue weighted by molar-refractivity contribution is 0.0449. The fourth-order valence-corrected chi connectivity index (χ4v) is 4.10. The number of carbonyl (C=O) groups is 1. The zero-order chi connectivity index (χ0) is 21.8. The van der Waals surface area contributed by atoms with Crippen molar-refractivity contribution in [2.75, 3.05) is 0 Å². The number of aliphatic hydroxyl groups is 1. The van der Waals surface area contributed by atoms with Crippen LogP contribution in [0.15, 0.2) is 29.4 Å². The van der Waals surface area contributed by atoms with E-state index >= 15 is 0 Å². The predicted molar refractivity (Wildman–Crippen MR) is 122 cm³/mol. The first kappa shape index (κ1) is 23.4. The number of allylic oxidation sites excluding steroid dienone is 4. The Bertz CT molecular complexity index is 810. The lowest BCUT2D eigenvalue weighted by atomic mass is 9.77. The molecule has 1 aromatic carbocycles. The van der Waals surface area contributed by atoms with Crippen LogP contribution in [-0.2, 0) is 13.0 Å². The van der Waals surface area contributed by atoms with E-state index in [0.29, 0.717) is 13.0 Å². The number of benzene rings is 1. The van der Waals surface area contributed by atoms with E-state index in [1.54, 1.807) is 0 Å². The number of fused-ring (bicyclic) bond motifs is 1. The average molecular weight is 398 g/mol. The topological polar surface area (TPSA) is 49.3 Å². The molecule has 0 bridgehead atoms. The van der Waals surface area contributed by atoms with Gasteiger partial charge in [0.15, 0.2) is 0 Å². The van der Waals surface area contributed by atoms with E-state index in [1.807, 2.05) is 13.0 Å². The van der Waals surface area contributed by atoms with Gasteiger partial charge in [-0.15, -0.1) is 0 Å². The van der Waals surface area contributed by atoms with Crippen LogP contribution >= 0.6 is 0 Å². The summed E-state index contributed by atoms with van der Waals surface area (Å²) in [6.45, 7) is 15.5. The van der Waals surface area contributed by atoms with Crippen molar-refractivity contribution >= 4 is 5.91 Å². The zero-order valence-electron chi connectivity index (χ0n) is 19.4. The zero-order valence-corrected chi connectivity index (χ0v) is 19.4. The van der Waals surface area contributed by atoms with Gasteiger partial charge in [-0.25, -0.2) is 0 Å². The highest BCUT2D eigenvalue weighted by molar-refractivity contribution is 5.99. The summed E-state index contributed by atoms with van der Waals surface area (Å²) in [5.74, 6) is 0.0189. The molecule has 1 atom stereocenters. The van der Waals surface area contributed by atoms with Crippen molar-refractivity contribution in [2.45, 2.75) is 93.2 Å². The molecule has 0 saturated carbocycles. The smallest absolute Gasteiger partial charge is 0.251 e. The van der Waals surface area contributed by atoms with Gasteiger partial charge in [-0.3, -0.25) is 4.79 Å². The van der Waals surface area contributed by atoms with Crippen LogP contribution in [0, 0.1) is 19.3 Å². The van der Waals surface area contributed by atoms with Crippen molar-refractivity contribution in [3.63, 3.8) is 0 Å². The molecule has 0 unspecified atom stereocenters. The Morgan fingerprint density at radius 3 is 2.55 bits per heavy atom. The van der Waals surface area contributed by atoms with Crippen LogP contribution in [0.1, 0.15) is 92.9 Å². The summed E-state index contributed by atoms with van der Waals surface area (Å²) < 4.78 is 0. The van der Waals surface area contributed by atoms with E-state index in [4.69, 9.17) is 0 Å². The number of aryl methyl sites for hydroxylation is 1. The summed E-state index contributed by atoms with van der Waals surface area (Å²) in [6, 6.07) is 1.98. The van der Waals surface area contributed by atoms with E-state index in [0.717, 1.165) is 47.9 Å². The molecule has 2 N–H and O–H groups in total. The number of rotatable bonds is 9. The highest BCUT2D eigenvalue weighted by Gasteiger charge is 2.30. The molecule has 2 rings (SSSR count). The van der Waals surface area contributed by atoms with E-state index in [1.165, 1.54) is 16.7 Å². The number of carbonyl (C=O) groups excluding carboxylic acids is 1. The first-order valence-corrected chi connectivity index (χ1v) is 10.9. The van der Waals surface area contributed by atoms with Crippen molar-refractivity contribution in [2.24, 2.45) is 5.41 Å². The highest BCUT2D eigenvalue weighted by Crippen LogP contribution is 2.33. The van der Waals surface area contributed by atoms with Crippen LogP contribution in [-0.4, -0.2) is 17.1 Å². The monoisotopic (exact) mass is 397 g/mol. The maximum Gasteiger partial charge on any atom is 0.251 e. The molecule has 3 nitrogen and oxygen atoms in total. The minimum Gasteiger partial charge on any atom is -0.392 e. The van der Waals surface area contributed by atoms with Crippen LogP contribution in [0.4, 0.5) is 0 Å². The third-order valence-corrected chi connectivity index (χ3v) is 6.41. The summed E-state index contributed by atoms with van der Waals surface area (Å²) in [6.07, 6.45) is 8.99. The number of nitrogens with one attached hydrogen (secondary N) is 1. The van der Waals surface area contributed by atoms with E-state index in [9.17, 15) is 9.90 Å². The van der Waals surface area contributed by atoms with Gasteiger partial charge in [-0.05, 0) is 100 Å². The summed E-state index contributed by atoms with van der Waals surface area (Å²) in [5, 5.41) is 13.9. The van der Waals surface area contributed by atoms with Gasteiger partial charge in [0.2, 0.25) is 0 Å². The molecule has 1 heterocycles. The van der Waals surface area contributed by atoms with E-state index in [2.05, 4.69) is 59.0 Å². The second-order valence-electron chi connectivity index (χ2n) is 9.62. The predicted octanol–water partition coefficient (Wildman–Crippen LogP) is 5.95. The van der Waals surface area contributed by atoms with Crippen LogP contribution in [0.25, 0.3) is 0 Å². The molecule has 0 fully saturated rings. The summed E-state index contributed by atoms with van der Waals surface area (Å²) in [4.78, 5) is 12.0. The maximum atomic E-state index is 12.0. The van der Waals surface area contributed by atoms with Crippen molar-refractivity contribution < 1.29 is 9.90 Å². The van der Waals surface area contributed by atoms with Gasteiger partial charge in [0.1, 0.15) is 0 Å². The lowest BCUT2D eigenvalue weighted by Gasteiger charge is -2.31. The Hall–Kier alpha value is -1.87. The largest absolute Gasteiger partial charge is 0.392 e. The van der Waals surface area contributed by atoms with Crippen LogP contribution in [0.3, 0.4) is 0 Å². The Labute approximate surface area is 177 Å². The summed E-state index contributed by atoms with van der Waals surface area (Å²) in [7, 11) is 0. The number of amides is 1. The second-order valence-corrected chi connectivity index (χ2v) is 9.62. The first-order valence-electron chi connectivity index (χ1n) is 10.9. The van der Waals surface area contributed by atoms with Gasteiger partial charge in [-0.1, -0.05) is 37.1 Å². The lowest BCUT2D eigenvalue weighted by Crippen LogP contribution is -2.31. The van der Waals surface area contributed by atoms with Crippen molar-refractivity contribution in [1.82, 2.24) is 5.32 Å². The molecule has 1 aliphatic heterocycles. The maximum absolute atomic E-state index is 12.0. The number of aliphatic hydroxyl groups excluding tert-OH is 1. The third-order valence-electron chi connectivity index (χ3n) is 6.41. The highest BCUT2D eigenvalue weighted by atomic mass is 16.3. The van der Waals surface area contributed by atoms with Crippen LogP contribution < -0.4 is 5.32 Å². The van der Waals surface area contributed by atoms with Gasteiger partial charge in [0.05, 0.1) is 6.10 Å². The summed E-state index contributed by atoms with van der Waals surface area (Å²) in [5.41, 5.74) is 7.97. The molecule has 29 heavy (non-hydrogen) atoms. The third kappa shape index (κ3) is 6.05. The Morgan fingerprint density at radius 2 is 1.90 bits per heavy atom. The molecular formula is C26H39NO2. The van der Waals surface area contributed by atoms with Gasteiger partial charge in [-0.2, -0.15) is 0 Å². The Morgan fingerprint density at radius 1 is 1.21 bits per heavy atom. The fourth-order valence-electron chi connectivity index (χ4n) is 4.10. The molecule has 0 radical (unpaired) electrons. The minimum atomic E-state index is -0.414. The molecule has 0 saturated heterocycles. The van der Waals surface area contributed by atoms with Crippen molar-refractivity contribution in [3.05, 3.63) is 57.2 Å². The molecule has 1 aromatic rings. The fraction of sp³-hybridized carbons (Fsp3) is 0.577. The molecule has 0 spiro atoms. The molecule has 0 aliphatic carbocycles. The van der Waals surface area contributed by atoms with Gasteiger partial charge in [0.25, 0.3) is 5.91 Å². The van der Waals surface area contributed by atoms with E-state index in [-0.39, 0.29) is 11.3 Å². The quantitative estimate of drug-likeness (QED) is 0.506. The van der Waals surface area contributed by atoms with E-state index < -0.39 is 6.10 Å². The molecule has 1 aliphatic rings. The molecule has 160 valence electrons. The van der Waals surface area contributed by atoms with Gasteiger partial charge < -0.3 is 10.4 Å². The summed E-state index contributed by atoms with van der Waals surface area (Å²) >= 11 is 0. The normalized spacial score (nSPS) is 15.2. The van der Waals surface area contributed by atoms with Crippen molar-refractivity contribution in [3.8, 4) is 0 Å². The molecular weight excluding hydrogens is 358 g/mol. The number of hydrogen-bond acceptors (Lipinski definition) is 2.